The molecule has 2 aliphatic rings. The van der Waals surface area contributed by atoms with Crippen molar-refractivity contribution < 1.29 is 9.59 Å². The van der Waals surface area contributed by atoms with E-state index in [1.54, 1.807) is 6.07 Å². The smallest absolute Gasteiger partial charge is 0.283 e. The molecule has 23 heavy (non-hydrogen) atoms. The van der Waals surface area contributed by atoms with Gasteiger partial charge in [0.1, 0.15) is 10.7 Å². The standard InChI is InChI=1S/C18H21ClN2O2/c1-11-7-6-10-14(12(11)2)21-17(22)15(19)16(18(21)23)20-13-8-4-3-5-9-13/h6-7,10,13,20H,3-5,8-9H2,1-2H3. The Kier molecular flexibility index (Phi) is 4.44. The molecule has 1 aromatic carbocycles. The highest BCUT2D eigenvalue weighted by Gasteiger charge is 2.40. The van der Waals surface area contributed by atoms with Gasteiger partial charge >= 0.3 is 0 Å². The first-order valence-corrected chi connectivity index (χ1v) is 8.50. The lowest BCUT2D eigenvalue weighted by Gasteiger charge is -2.24. The van der Waals surface area contributed by atoms with E-state index >= 15 is 0 Å². The van der Waals surface area contributed by atoms with Gasteiger partial charge in [-0.25, -0.2) is 4.90 Å². The van der Waals surface area contributed by atoms with Crippen LogP contribution in [0.1, 0.15) is 43.2 Å². The number of carbonyl (C=O) groups excluding carboxylic acids is 2. The number of benzene rings is 1. The molecular weight excluding hydrogens is 312 g/mol. The minimum absolute atomic E-state index is 0.00137. The van der Waals surface area contributed by atoms with Crippen LogP contribution in [0.4, 0.5) is 5.69 Å². The highest BCUT2D eigenvalue weighted by atomic mass is 35.5. The molecule has 1 N–H and O–H groups in total. The number of carbonyl (C=O) groups is 2. The van der Waals surface area contributed by atoms with Gasteiger partial charge in [-0.2, -0.15) is 0 Å². The van der Waals surface area contributed by atoms with Gasteiger partial charge in [0.2, 0.25) is 0 Å². The van der Waals surface area contributed by atoms with E-state index in [0.29, 0.717) is 5.69 Å². The summed E-state index contributed by atoms with van der Waals surface area (Å²) >= 11 is 6.18. The minimum atomic E-state index is -0.441. The van der Waals surface area contributed by atoms with E-state index in [2.05, 4.69) is 5.32 Å². The number of amides is 2. The lowest BCUT2D eigenvalue weighted by Crippen LogP contribution is -2.37. The summed E-state index contributed by atoms with van der Waals surface area (Å²) in [5.41, 5.74) is 2.81. The Morgan fingerprint density at radius 3 is 2.48 bits per heavy atom. The molecule has 1 heterocycles. The summed E-state index contributed by atoms with van der Waals surface area (Å²) in [6.45, 7) is 3.87. The van der Waals surface area contributed by atoms with Crippen molar-refractivity contribution >= 4 is 29.1 Å². The normalized spacial score (nSPS) is 19.7. The van der Waals surface area contributed by atoms with Crippen molar-refractivity contribution in [1.82, 2.24) is 5.32 Å². The van der Waals surface area contributed by atoms with Crippen LogP contribution < -0.4 is 10.2 Å². The molecule has 0 atom stereocenters. The summed E-state index contributed by atoms with van der Waals surface area (Å²) in [5.74, 6) is -0.789. The van der Waals surface area contributed by atoms with Gasteiger partial charge in [0.25, 0.3) is 11.8 Å². The number of imide groups is 1. The Balaban J connectivity index is 1.88. The molecule has 1 fully saturated rings. The summed E-state index contributed by atoms with van der Waals surface area (Å²) < 4.78 is 0. The lowest BCUT2D eigenvalue weighted by atomic mass is 9.95. The van der Waals surface area contributed by atoms with Gasteiger partial charge in [-0.05, 0) is 43.9 Å². The Morgan fingerprint density at radius 2 is 1.78 bits per heavy atom. The number of hydrogen-bond acceptors (Lipinski definition) is 3. The van der Waals surface area contributed by atoms with E-state index in [9.17, 15) is 9.59 Å². The van der Waals surface area contributed by atoms with Crippen molar-refractivity contribution in [2.75, 3.05) is 4.90 Å². The first kappa shape index (κ1) is 16.1. The Hall–Kier alpha value is -1.81. The van der Waals surface area contributed by atoms with Crippen molar-refractivity contribution in [2.45, 2.75) is 52.0 Å². The topological polar surface area (TPSA) is 49.4 Å². The van der Waals surface area contributed by atoms with E-state index in [1.807, 2.05) is 26.0 Å². The van der Waals surface area contributed by atoms with Crippen LogP contribution in [0.3, 0.4) is 0 Å². The number of rotatable bonds is 3. The Morgan fingerprint density at radius 1 is 1.09 bits per heavy atom. The quantitative estimate of drug-likeness (QED) is 0.861. The van der Waals surface area contributed by atoms with Gasteiger partial charge < -0.3 is 5.32 Å². The highest BCUT2D eigenvalue weighted by Crippen LogP contribution is 2.32. The van der Waals surface area contributed by atoms with Gasteiger partial charge in [-0.3, -0.25) is 9.59 Å². The van der Waals surface area contributed by atoms with E-state index in [1.165, 1.54) is 11.3 Å². The molecule has 0 spiro atoms. The van der Waals surface area contributed by atoms with Crippen molar-refractivity contribution in [3.63, 3.8) is 0 Å². The number of hydrogen-bond donors (Lipinski definition) is 1. The summed E-state index contributed by atoms with van der Waals surface area (Å²) in [6.07, 6.45) is 5.54. The van der Waals surface area contributed by atoms with Crippen LogP contribution in [0.5, 0.6) is 0 Å². The molecule has 5 heteroatoms. The maximum absolute atomic E-state index is 12.8. The van der Waals surface area contributed by atoms with E-state index < -0.39 is 5.91 Å². The first-order valence-electron chi connectivity index (χ1n) is 8.12. The van der Waals surface area contributed by atoms with Crippen LogP contribution in [0.2, 0.25) is 0 Å². The number of aryl methyl sites for hydroxylation is 1. The van der Waals surface area contributed by atoms with Crippen molar-refractivity contribution in [3.8, 4) is 0 Å². The molecule has 0 saturated heterocycles. The zero-order valence-corrected chi connectivity index (χ0v) is 14.2. The minimum Gasteiger partial charge on any atom is -0.376 e. The molecule has 1 aliphatic heterocycles. The average molecular weight is 333 g/mol. The summed E-state index contributed by atoms with van der Waals surface area (Å²) in [4.78, 5) is 26.5. The van der Waals surface area contributed by atoms with E-state index in [0.717, 1.165) is 36.8 Å². The third-order valence-electron chi connectivity index (χ3n) is 4.80. The predicted molar refractivity (Wildman–Crippen MR) is 91.3 cm³/mol. The predicted octanol–water partition coefficient (Wildman–Crippen LogP) is 3.55. The molecule has 1 aromatic rings. The van der Waals surface area contributed by atoms with Crippen molar-refractivity contribution in [1.29, 1.82) is 0 Å². The molecule has 0 radical (unpaired) electrons. The number of nitrogens with one attached hydrogen (secondary N) is 1. The molecule has 4 nitrogen and oxygen atoms in total. The van der Waals surface area contributed by atoms with Gasteiger partial charge in [0, 0.05) is 6.04 Å². The molecule has 2 amide bonds. The van der Waals surface area contributed by atoms with Crippen LogP contribution in [-0.2, 0) is 9.59 Å². The van der Waals surface area contributed by atoms with Crippen LogP contribution in [0.25, 0.3) is 0 Å². The maximum Gasteiger partial charge on any atom is 0.283 e. The van der Waals surface area contributed by atoms with E-state index in [-0.39, 0.29) is 22.7 Å². The maximum atomic E-state index is 12.8. The second-order valence-corrected chi connectivity index (χ2v) is 6.71. The molecule has 0 bridgehead atoms. The van der Waals surface area contributed by atoms with Crippen molar-refractivity contribution in [2.24, 2.45) is 0 Å². The zero-order valence-electron chi connectivity index (χ0n) is 13.5. The highest BCUT2D eigenvalue weighted by molar-refractivity contribution is 6.52. The molecular formula is C18H21ClN2O2. The molecule has 122 valence electrons. The molecule has 3 rings (SSSR count). The summed E-state index contributed by atoms with van der Waals surface area (Å²) in [7, 11) is 0. The fourth-order valence-corrected chi connectivity index (χ4v) is 3.50. The van der Waals surface area contributed by atoms with Gasteiger partial charge in [0.15, 0.2) is 0 Å². The Bertz CT molecular complexity index is 690. The average Bonchev–Trinajstić information content (AvgIpc) is 2.75. The van der Waals surface area contributed by atoms with Crippen LogP contribution in [0.15, 0.2) is 28.9 Å². The van der Waals surface area contributed by atoms with Gasteiger partial charge in [-0.15, -0.1) is 0 Å². The molecule has 1 saturated carbocycles. The summed E-state index contributed by atoms with van der Waals surface area (Å²) in [5, 5.41) is 3.22. The van der Waals surface area contributed by atoms with Crippen molar-refractivity contribution in [3.05, 3.63) is 40.1 Å². The second-order valence-electron chi connectivity index (χ2n) is 6.33. The molecule has 0 aromatic heterocycles. The van der Waals surface area contributed by atoms with Crippen LogP contribution in [0, 0.1) is 13.8 Å². The van der Waals surface area contributed by atoms with Gasteiger partial charge in [0.05, 0.1) is 5.69 Å². The second kappa shape index (κ2) is 6.36. The Labute approximate surface area is 141 Å². The third kappa shape index (κ3) is 2.88. The first-order chi connectivity index (χ1) is 11.0. The molecule has 1 aliphatic carbocycles. The summed E-state index contributed by atoms with van der Waals surface area (Å²) in [6, 6.07) is 5.81. The monoisotopic (exact) mass is 332 g/mol. The van der Waals surface area contributed by atoms with E-state index in [4.69, 9.17) is 11.6 Å². The number of anilines is 1. The molecule has 0 unspecified atom stereocenters. The third-order valence-corrected chi connectivity index (χ3v) is 5.15. The fraction of sp³-hybridized carbons (Fsp3) is 0.444. The lowest BCUT2D eigenvalue weighted by molar-refractivity contribution is -0.120. The van der Waals surface area contributed by atoms with Gasteiger partial charge in [-0.1, -0.05) is 43.0 Å². The number of halogens is 1. The zero-order chi connectivity index (χ0) is 16.6. The van der Waals surface area contributed by atoms with Crippen LogP contribution >= 0.6 is 11.6 Å². The number of nitrogens with zero attached hydrogens (tertiary/aromatic N) is 1. The van der Waals surface area contributed by atoms with Crippen LogP contribution in [-0.4, -0.2) is 17.9 Å². The fourth-order valence-electron chi connectivity index (χ4n) is 3.28. The SMILES string of the molecule is Cc1cccc(N2C(=O)C(Cl)=C(NC3CCCCC3)C2=O)c1C. The largest absolute Gasteiger partial charge is 0.376 e.